The number of rotatable bonds is 4. The van der Waals surface area contributed by atoms with Crippen LogP contribution in [0.25, 0.3) is 0 Å². The molecule has 0 saturated heterocycles. The lowest BCUT2D eigenvalue weighted by molar-refractivity contribution is -0.137. The molecule has 0 aromatic heterocycles. The summed E-state index contributed by atoms with van der Waals surface area (Å²) in [5.41, 5.74) is 1.34. The summed E-state index contributed by atoms with van der Waals surface area (Å²) in [7, 11) is 0. The summed E-state index contributed by atoms with van der Waals surface area (Å²) in [6.07, 6.45) is 6.56. The van der Waals surface area contributed by atoms with Crippen LogP contribution in [0.3, 0.4) is 0 Å². The minimum atomic E-state index is -0.467. The number of carbonyl (C=O) groups excluding carboxylic acids is 2. The van der Waals surface area contributed by atoms with Gasteiger partial charge in [0.1, 0.15) is 5.70 Å². The number of aliphatic hydroxyl groups is 1. The Morgan fingerprint density at radius 3 is 2.74 bits per heavy atom. The molecule has 0 atom stereocenters. The number of hydrogen-bond acceptors (Lipinski definition) is 4. The zero-order valence-electron chi connectivity index (χ0n) is 10.1. The molecule has 2 amide bonds. The van der Waals surface area contributed by atoms with Crippen molar-refractivity contribution in [1.29, 1.82) is 0 Å². The van der Waals surface area contributed by atoms with Crippen molar-refractivity contribution in [1.82, 2.24) is 4.90 Å². The van der Waals surface area contributed by atoms with E-state index in [0.29, 0.717) is 11.3 Å². The Labute approximate surface area is 110 Å². The van der Waals surface area contributed by atoms with E-state index in [4.69, 9.17) is 11.5 Å². The first-order valence-corrected chi connectivity index (χ1v) is 5.68. The van der Waals surface area contributed by atoms with E-state index in [1.807, 2.05) is 0 Å². The first-order valence-electron chi connectivity index (χ1n) is 5.68. The van der Waals surface area contributed by atoms with Crippen LogP contribution in [-0.2, 0) is 9.59 Å². The van der Waals surface area contributed by atoms with Gasteiger partial charge in [0.15, 0.2) is 0 Å². The predicted octanol–water partition coefficient (Wildman–Crippen LogP) is 0.325. The first kappa shape index (κ1) is 12.9. The molecule has 1 heterocycles. The van der Waals surface area contributed by atoms with Gasteiger partial charge in [-0.05, 0) is 12.1 Å². The quantitative estimate of drug-likeness (QED) is 0.601. The fourth-order valence-electron chi connectivity index (χ4n) is 1.77. The van der Waals surface area contributed by atoms with Crippen LogP contribution in [0.4, 0.5) is 5.69 Å². The third-order valence-corrected chi connectivity index (χ3v) is 2.68. The lowest BCUT2D eigenvalue weighted by Crippen LogP contribution is -2.34. The molecule has 0 spiro atoms. The van der Waals surface area contributed by atoms with E-state index in [1.165, 1.54) is 6.08 Å². The van der Waals surface area contributed by atoms with Crippen LogP contribution in [0.2, 0.25) is 0 Å². The topological polar surface area (TPSA) is 69.6 Å². The molecule has 5 heteroatoms. The molecule has 1 aliphatic heterocycles. The van der Waals surface area contributed by atoms with E-state index < -0.39 is 11.8 Å². The van der Waals surface area contributed by atoms with Crippen LogP contribution < -0.4 is 5.32 Å². The Morgan fingerprint density at radius 2 is 2.05 bits per heavy atom. The molecule has 2 N–H and O–H groups in total. The summed E-state index contributed by atoms with van der Waals surface area (Å²) in [5, 5.41) is 11.7. The molecule has 0 radical (unpaired) electrons. The summed E-state index contributed by atoms with van der Waals surface area (Å²) in [6, 6.07) is 7.02. The molecule has 0 aliphatic carbocycles. The number of aliphatic hydroxyl groups excluding tert-OH is 1. The van der Waals surface area contributed by atoms with Crippen molar-refractivity contribution >= 4 is 17.5 Å². The molecule has 19 heavy (non-hydrogen) atoms. The lowest BCUT2D eigenvalue weighted by atomic mass is 10.2. The normalized spacial score (nSPS) is 14.3. The van der Waals surface area contributed by atoms with Gasteiger partial charge in [0.2, 0.25) is 0 Å². The van der Waals surface area contributed by atoms with E-state index in [9.17, 15) is 9.59 Å². The fraction of sp³-hybridized carbons (Fsp3) is 0.143. The second-order valence-electron chi connectivity index (χ2n) is 3.89. The number of hydrogen-bond donors (Lipinski definition) is 2. The molecular formula is C14H12N2O3. The maximum atomic E-state index is 11.9. The minimum absolute atomic E-state index is 0.0177. The number of imide groups is 1. The van der Waals surface area contributed by atoms with Gasteiger partial charge < -0.3 is 10.4 Å². The first-order chi connectivity index (χ1) is 9.17. The lowest BCUT2D eigenvalue weighted by Gasteiger charge is -2.13. The SMILES string of the molecule is C#Cc1ccccc1NC1=CC(=O)N(CCO)C1=O. The summed E-state index contributed by atoms with van der Waals surface area (Å²) in [6.45, 7) is -0.282. The van der Waals surface area contributed by atoms with Gasteiger partial charge in [-0.2, -0.15) is 0 Å². The van der Waals surface area contributed by atoms with Gasteiger partial charge in [-0.1, -0.05) is 18.1 Å². The highest BCUT2D eigenvalue weighted by molar-refractivity contribution is 6.17. The molecule has 2 rings (SSSR count). The monoisotopic (exact) mass is 256 g/mol. The Morgan fingerprint density at radius 1 is 1.32 bits per heavy atom. The van der Waals surface area contributed by atoms with Gasteiger partial charge in [-0.25, -0.2) is 0 Å². The Bertz CT molecular complexity index is 599. The van der Waals surface area contributed by atoms with Crippen LogP contribution in [0.5, 0.6) is 0 Å². The van der Waals surface area contributed by atoms with Crippen molar-refractivity contribution in [3.63, 3.8) is 0 Å². The van der Waals surface area contributed by atoms with E-state index in [1.54, 1.807) is 24.3 Å². The molecule has 1 aromatic rings. The number of amides is 2. The second kappa shape index (κ2) is 5.38. The number of β-amino-alcohol motifs (C(OH)–C–C–N with tert-alkyl or cyclic N) is 1. The van der Waals surface area contributed by atoms with Crippen molar-refractivity contribution in [3.05, 3.63) is 41.6 Å². The summed E-state index contributed by atoms with van der Waals surface area (Å²) >= 11 is 0. The second-order valence-corrected chi connectivity index (χ2v) is 3.89. The molecule has 0 unspecified atom stereocenters. The molecule has 0 bridgehead atoms. The van der Waals surface area contributed by atoms with Gasteiger partial charge in [-0.3, -0.25) is 14.5 Å². The minimum Gasteiger partial charge on any atom is -0.395 e. The third kappa shape index (κ3) is 2.49. The highest BCUT2D eigenvalue weighted by Gasteiger charge is 2.30. The van der Waals surface area contributed by atoms with E-state index in [2.05, 4.69) is 11.2 Å². The van der Waals surface area contributed by atoms with Crippen LogP contribution in [0.1, 0.15) is 5.56 Å². The average molecular weight is 256 g/mol. The van der Waals surface area contributed by atoms with E-state index in [0.717, 1.165) is 4.90 Å². The van der Waals surface area contributed by atoms with Crippen LogP contribution >= 0.6 is 0 Å². The largest absolute Gasteiger partial charge is 0.395 e. The Hall–Kier alpha value is -2.58. The van der Waals surface area contributed by atoms with Crippen molar-refractivity contribution in [2.45, 2.75) is 0 Å². The molecule has 0 saturated carbocycles. The summed E-state index contributed by atoms with van der Waals surface area (Å²) < 4.78 is 0. The van der Waals surface area contributed by atoms with E-state index in [-0.39, 0.29) is 18.8 Å². The zero-order chi connectivity index (χ0) is 13.8. The van der Waals surface area contributed by atoms with Gasteiger partial charge >= 0.3 is 0 Å². The van der Waals surface area contributed by atoms with Crippen molar-refractivity contribution < 1.29 is 14.7 Å². The van der Waals surface area contributed by atoms with Crippen molar-refractivity contribution in [2.24, 2.45) is 0 Å². The number of anilines is 1. The molecule has 96 valence electrons. The molecule has 1 aliphatic rings. The number of nitrogens with one attached hydrogen (secondary N) is 1. The maximum absolute atomic E-state index is 11.9. The zero-order valence-corrected chi connectivity index (χ0v) is 10.1. The third-order valence-electron chi connectivity index (χ3n) is 2.68. The van der Waals surface area contributed by atoms with Crippen molar-refractivity contribution in [3.8, 4) is 12.3 Å². The Kier molecular flexibility index (Phi) is 3.64. The number of para-hydroxylation sites is 1. The molecule has 1 aromatic carbocycles. The molecular weight excluding hydrogens is 244 g/mol. The van der Waals surface area contributed by atoms with Crippen LogP contribution in [-0.4, -0.2) is 35.0 Å². The summed E-state index contributed by atoms with van der Waals surface area (Å²) in [4.78, 5) is 24.5. The smallest absolute Gasteiger partial charge is 0.277 e. The van der Waals surface area contributed by atoms with Crippen molar-refractivity contribution in [2.75, 3.05) is 18.5 Å². The summed E-state index contributed by atoms with van der Waals surface area (Å²) in [5.74, 6) is 1.58. The highest BCUT2D eigenvalue weighted by atomic mass is 16.3. The number of benzene rings is 1. The van der Waals surface area contributed by atoms with Gasteiger partial charge in [0.05, 0.1) is 18.8 Å². The number of carbonyl (C=O) groups is 2. The fourth-order valence-corrected chi connectivity index (χ4v) is 1.77. The van der Waals surface area contributed by atoms with Gasteiger partial charge in [0, 0.05) is 11.6 Å². The number of terminal acetylenes is 1. The maximum Gasteiger partial charge on any atom is 0.277 e. The predicted molar refractivity (Wildman–Crippen MR) is 69.9 cm³/mol. The molecule has 5 nitrogen and oxygen atoms in total. The standard InChI is InChI=1S/C14H12N2O3/c1-2-10-5-3-4-6-11(10)15-12-9-13(18)16(7-8-17)14(12)19/h1,3-6,9,15,17H,7-8H2. The highest BCUT2D eigenvalue weighted by Crippen LogP contribution is 2.19. The number of nitrogens with zero attached hydrogens (tertiary/aromatic N) is 1. The van der Waals surface area contributed by atoms with Gasteiger partial charge in [0.25, 0.3) is 11.8 Å². The van der Waals surface area contributed by atoms with E-state index >= 15 is 0 Å². The Balaban J connectivity index is 2.21. The van der Waals surface area contributed by atoms with Crippen LogP contribution in [0, 0.1) is 12.3 Å². The molecule has 0 fully saturated rings. The van der Waals surface area contributed by atoms with Crippen LogP contribution in [0.15, 0.2) is 36.0 Å². The average Bonchev–Trinajstić information content (AvgIpc) is 2.67. The van der Waals surface area contributed by atoms with Gasteiger partial charge in [-0.15, -0.1) is 6.42 Å².